The standard InChI is InChI=1S/C18H11F3N2O2S/c19-10-6-7-15(13(20)8-10)22-16-12(18(24)25)9-14(21)17(23-16)26-11-4-2-1-3-5-11/h1-9H,(H,22,23)(H,24,25). The van der Waals surface area contributed by atoms with Crippen molar-refractivity contribution in [1.29, 1.82) is 0 Å². The van der Waals surface area contributed by atoms with Crippen LogP contribution in [0.15, 0.2) is 64.5 Å². The zero-order valence-electron chi connectivity index (χ0n) is 13.0. The molecule has 0 amide bonds. The molecule has 26 heavy (non-hydrogen) atoms. The molecular weight excluding hydrogens is 365 g/mol. The van der Waals surface area contributed by atoms with Crippen LogP contribution in [0.25, 0.3) is 0 Å². The van der Waals surface area contributed by atoms with Crippen molar-refractivity contribution in [2.75, 3.05) is 5.32 Å². The van der Waals surface area contributed by atoms with Crippen molar-refractivity contribution in [3.8, 4) is 0 Å². The molecule has 4 nitrogen and oxygen atoms in total. The second-order valence-corrected chi connectivity index (χ2v) is 6.20. The number of carbonyl (C=O) groups is 1. The number of pyridine rings is 1. The summed E-state index contributed by atoms with van der Waals surface area (Å²) in [5, 5.41) is 11.7. The van der Waals surface area contributed by atoms with Gasteiger partial charge in [-0.05, 0) is 30.3 Å². The lowest BCUT2D eigenvalue weighted by Crippen LogP contribution is -2.08. The van der Waals surface area contributed by atoms with Gasteiger partial charge in [0, 0.05) is 11.0 Å². The molecule has 3 rings (SSSR count). The van der Waals surface area contributed by atoms with Crippen LogP contribution in [0.2, 0.25) is 0 Å². The Kier molecular flexibility index (Phi) is 5.13. The highest BCUT2D eigenvalue weighted by atomic mass is 32.2. The second-order valence-electron chi connectivity index (χ2n) is 5.14. The number of carboxylic acids is 1. The number of benzene rings is 2. The number of aromatic carboxylic acids is 1. The van der Waals surface area contributed by atoms with Crippen LogP contribution in [-0.4, -0.2) is 16.1 Å². The maximum absolute atomic E-state index is 14.2. The van der Waals surface area contributed by atoms with Gasteiger partial charge in [-0.1, -0.05) is 30.0 Å². The van der Waals surface area contributed by atoms with Crippen molar-refractivity contribution >= 4 is 29.2 Å². The van der Waals surface area contributed by atoms with E-state index < -0.39 is 29.0 Å². The maximum atomic E-state index is 14.2. The van der Waals surface area contributed by atoms with Gasteiger partial charge in [-0.25, -0.2) is 22.9 Å². The molecule has 0 bridgehead atoms. The van der Waals surface area contributed by atoms with E-state index in [4.69, 9.17) is 0 Å². The first kappa shape index (κ1) is 17.8. The molecule has 1 aromatic heterocycles. The molecule has 0 aliphatic heterocycles. The Morgan fingerprint density at radius 1 is 1.00 bits per heavy atom. The highest BCUT2D eigenvalue weighted by Crippen LogP contribution is 2.32. The van der Waals surface area contributed by atoms with E-state index in [0.717, 1.165) is 30.0 Å². The van der Waals surface area contributed by atoms with E-state index in [1.54, 1.807) is 30.3 Å². The number of hydrogen-bond acceptors (Lipinski definition) is 4. The fraction of sp³-hybridized carbons (Fsp3) is 0. The zero-order valence-corrected chi connectivity index (χ0v) is 13.9. The predicted molar refractivity (Wildman–Crippen MR) is 91.4 cm³/mol. The summed E-state index contributed by atoms with van der Waals surface area (Å²) in [7, 11) is 0. The zero-order chi connectivity index (χ0) is 18.7. The molecule has 0 radical (unpaired) electrons. The highest BCUT2D eigenvalue weighted by molar-refractivity contribution is 7.99. The molecule has 3 aromatic rings. The Balaban J connectivity index is 2.01. The third-order valence-corrected chi connectivity index (χ3v) is 4.30. The van der Waals surface area contributed by atoms with Gasteiger partial charge in [0.15, 0.2) is 5.82 Å². The van der Waals surface area contributed by atoms with E-state index in [0.29, 0.717) is 11.0 Å². The smallest absolute Gasteiger partial charge is 0.339 e. The second kappa shape index (κ2) is 7.49. The third kappa shape index (κ3) is 3.97. The number of hydrogen-bond donors (Lipinski definition) is 2. The average Bonchev–Trinajstić information content (AvgIpc) is 2.60. The number of nitrogens with one attached hydrogen (secondary N) is 1. The molecule has 0 fully saturated rings. The summed E-state index contributed by atoms with van der Waals surface area (Å²) >= 11 is 0.993. The Labute approximate surface area is 150 Å². The molecular formula is C18H11F3N2O2S. The molecule has 0 atom stereocenters. The van der Waals surface area contributed by atoms with Crippen LogP contribution in [0.1, 0.15) is 10.4 Å². The minimum absolute atomic E-state index is 0.0776. The third-order valence-electron chi connectivity index (χ3n) is 3.32. The first-order valence-corrected chi connectivity index (χ1v) is 8.14. The predicted octanol–water partition coefficient (Wildman–Crippen LogP) is 5.09. The largest absolute Gasteiger partial charge is 0.478 e. The van der Waals surface area contributed by atoms with Crippen molar-refractivity contribution in [3.05, 3.63) is 77.6 Å². The lowest BCUT2D eigenvalue weighted by atomic mass is 10.2. The molecule has 0 spiro atoms. The van der Waals surface area contributed by atoms with Crippen LogP contribution in [0.3, 0.4) is 0 Å². The summed E-state index contributed by atoms with van der Waals surface area (Å²) < 4.78 is 41.1. The van der Waals surface area contributed by atoms with Gasteiger partial charge in [0.1, 0.15) is 28.0 Å². The number of halogens is 3. The topological polar surface area (TPSA) is 62.2 Å². The fourth-order valence-electron chi connectivity index (χ4n) is 2.12. The number of carboxylic acid groups (broad SMARTS) is 1. The normalized spacial score (nSPS) is 10.6. The van der Waals surface area contributed by atoms with E-state index in [9.17, 15) is 23.1 Å². The van der Waals surface area contributed by atoms with Crippen molar-refractivity contribution in [2.24, 2.45) is 0 Å². The molecule has 0 saturated carbocycles. The van der Waals surface area contributed by atoms with Gasteiger partial charge >= 0.3 is 5.97 Å². The molecule has 2 N–H and O–H groups in total. The number of anilines is 2. The molecule has 1 heterocycles. The van der Waals surface area contributed by atoms with Gasteiger partial charge < -0.3 is 10.4 Å². The van der Waals surface area contributed by atoms with Gasteiger partial charge in [0.2, 0.25) is 0 Å². The molecule has 132 valence electrons. The summed E-state index contributed by atoms with van der Waals surface area (Å²) in [6, 6.07) is 12.4. The minimum atomic E-state index is -1.43. The van der Waals surface area contributed by atoms with Crippen LogP contribution in [0.4, 0.5) is 24.7 Å². The van der Waals surface area contributed by atoms with Gasteiger partial charge in [0.05, 0.1) is 5.69 Å². The van der Waals surface area contributed by atoms with E-state index in [1.165, 1.54) is 0 Å². The maximum Gasteiger partial charge on any atom is 0.339 e. The quantitative estimate of drug-likeness (QED) is 0.649. The monoisotopic (exact) mass is 376 g/mol. The van der Waals surface area contributed by atoms with Crippen LogP contribution >= 0.6 is 11.8 Å². The van der Waals surface area contributed by atoms with Gasteiger partial charge in [-0.2, -0.15) is 0 Å². The van der Waals surface area contributed by atoms with Crippen molar-refractivity contribution < 1.29 is 23.1 Å². The SMILES string of the molecule is O=C(O)c1cc(F)c(Sc2ccccc2)nc1Nc1ccc(F)cc1F. The van der Waals surface area contributed by atoms with Gasteiger partial charge in [0.25, 0.3) is 0 Å². The summed E-state index contributed by atoms with van der Waals surface area (Å²) in [5.41, 5.74) is -0.646. The van der Waals surface area contributed by atoms with Crippen molar-refractivity contribution in [2.45, 2.75) is 9.92 Å². The number of nitrogens with zero attached hydrogens (tertiary/aromatic N) is 1. The van der Waals surface area contributed by atoms with Crippen LogP contribution < -0.4 is 5.32 Å². The Hall–Kier alpha value is -3.00. The number of rotatable bonds is 5. The highest BCUT2D eigenvalue weighted by Gasteiger charge is 2.19. The lowest BCUT2D eigenvalue weighted by molar-refractivity contribution is 0.0697. The van der Waals surface area contributed by atoms with Crippen LogP contribution in [0.5, 0.6) is 0 Å². The number of aromatic nitrogens is 1. The Morgan fingerprint density at radius 3 is 2.38 bits per heavy atom. The van der Waals surface area contributed by atoms with Crippen LogP contribution in [-0.2, 0) is 0 Å². The molecule has 8 heteroatoms. The van der Waals surface area contributed by atoms with Gasteiger partial charge in [-0.3, -0.25) is 0 Å². The molecule has 0 saturated heterocycles. The minimum Gasteiger partial charge on any atom is -0.478 e. The van der Waals surface area contributed by atoms with Crippen molar-refractivity contribution in [1.82, 2.24) is 4.98 Å². The molecule has 0 aliphatic rings. The van der Waals surface area contributed by atoms with Crippen LogP contribution in [0, 0.1) is 17.5 Å². The lowest BCUT2D eigenvalue weighted by Gasteiger charge is -2.12. The van der Waals surface area contributed by atoms with Crippen molar-refractivity contribution in [3.63, 3.8) is 0 Å². The molecule has 0 aliphatic carbocycles. The summed E-state index contributed by atoms with van der Waals surface area (Å²) in [4.78, 5) is 16.0. The molecule has 2 aromatic carbocycles. The van der Waals surface area contributed by atoms with E-state index in [-0.39, 0.29) is 16.5 Å². The Bertz CT molecular complexity index is 968. The fourth-order valence-corrected chi connectivity index (χ4v) is 2.93. The Morgan fingerprint density at radius 2 is 1.73 bits per heavy atom. The summed E-state index contributed by atoms with van der Waals surface area (Å²) in [6.07, 6.45) is 0. The summed E-state index contributed by atoms with van der Waals surface area (Å²) in [6.45, 7) is 0. The van der Waals surface area contributed by atoms with E-state index in [1.807, 2.05) is 0 Å². The average molecular weight is 376 g/mol. The van der Waals surface area contributed by atoms with Gasteiger partial charge in [-0.15, -0.1) is 0 Å². The molecule has 0 unspecified atom stereocenters. The first-order valence-electron chi connectivity index (χ1n) is 7.33. The summed E-state index contributed by atoms with van der Waals surface area (Å²) in [5.74, 6) is -4.20. The van der Waals surface area contributed by atoms with E-state index >= 15 is 0 Å². The van der Waals surface area contributed by atoms with E-state index in [2.05, 4.69) is 10.3 Å². The first-order chi connectivity index (χ1) is 12.4.